The zero-order chi connectivity index (χ0) is 20.1. The largest absolute Gasteiger partial charge is 0.496 e. The fourth-order valence-corrected chi connectivity index (χ4v) is 4.34. The molecule has 0 amide bonds. The highest BCUT2D eigenvalue weighted by molar-refractivity contribution is 5.44. The Morgan fingerprint density at radius 1 is 1.04 bits per heavy atom. The first-order valence-corrected chi connectivity index (χ1v) is 10.7. The van der Waals surface area contributed by atoms with Crippen LogP contribution in [-0.2, 0) is 11.3 Å². The van der Waals surface area contributed by atoms with E-state index in [0.717, 1.165) is 25.1 Å². The van der Waals surface area contributed by atoms with E-state index in [4.69, 9.17) is 9.57 Å². The number of benzene rings is 2. The summed E-state index contributed by atoms with van der Waals surface area (Å²) in [5, 5.41) is 2.27. The number of hydrogen-bond donors (Lipinski definition) is 0. The number of hydrogen-bond acceptors (Lipinski definition) is 3. The van der Waals surface area contributed by atoms with E-state index in [1.54, 1.807) is 7.11 Å². The van der Waals surface area contributed by atoms with Gasteiger partial charge in [-0.25, -0.2) is 0 Å². The Morgan fingerprint density at radius 3 is 2.32 bits per heavy atom. The van der Waals surface area contributed by atoms with Crippen LogP contribution < -0.4 is 4.74 Å². The third kappa shape index (κ3) is 4.95. The van der Waals surface area contributed by atoms with Gasteiger partial charge in [-0.1, -0.05) is 43.2 Å². The van der Waals surface area contributed by atoms with Gasteiger partial charge in [0.1, 0.15) is 11.9 Å². The molecule has 3 rings (SSSR count). The molecule has 2 atom stereocenters. The second-order valence-electron chi connectivity index (χ2n) is 8.17. The molecular weight excluding hydrogens is 346 g/mol. The highest BCUT2D eigenvalue weighted by Crippen LogP contribution is 2.32. The molecule has 28 heavy (non-hydrogen) atoms. The predicted molar refractivity (Wildman–Crippen MR) is 116 cm³/mol. The van der Waals surface area contributed by atoms with E-state index in [0.29, 0.717) is 6.04 Å². The van der Waals surface area contributed by atoms with Crippen molar-refractivity contribution in [3.8, 4) is 5.75 Å². The molecule has 1 aliphatic rings. The molecule has 2 aromatic carbocycles. The number of rotatable bonds is 7. The van der Waals surface area contributed by atoms with Gasteiger partial charge in [0.15, 0.2) is 0 Å². The topological polar surface area (TPSA) is 21.7 Å². The van der Waals surface area contributed by atoms with Crippen LogP contribution in [0.25, 0.3) is 0 Å². The standard InChI is InChI=1S/C25H35NO2/c1-6-24(22-15-19(3)25(27-5)20(4)16-22)28-26-14-8-7-9-23(26)17-21-12-10-18(2)11-13-21/h10-13,15-16,23-24H,6-9,14,17H2,1-5H3. The van der Waals surface area contributed by atoms with Crippen LogP contribution in [-0.4, -0.2) is 24.8 Å². The van der Waals surface area contributed by atoms with Gasteiger partial charge < -0.3 is 4.74 Å². The summed E-state index contributed by atoms with van der Waals surface area (Å²) in [5.74, 6) is 0.980. The summed E-state index contributed by atoms with van der Waals surface area (Å²) in [6.45, 7) is 9.59. The van der Waals surface area contributed by atoms with E-state index in [2.05, 4.69) is 69.2 Å². The van der Waals surface area contributed by atoms with Gasteiger partial charge in [-0.3, -0.25) is 4.84 Å². The van der Waals surface area contributed by atoms with E-state index in [-0.39, 0.29) is 6.10 Å². The molecule has 152 valence electrons. The van der Waals surface area contributed by atoms with Gasteiger partial charge in [-0.05, 0) is 80.8 Å². The van der Waals surface area contributed by atoms with Crippen LogP contribution in [0, 0.1) is 20.8 Å². The maximum atomic E-state index is 6.61. The molecule has 2 unspecified atom stereocenters. The highest BCUT2D eigenvalue weighted by atomic mass is 16.7. The number of nitrogens with zero attached hydrogens (tertiary/aromatic N) is 1. The van der Waals surface area contributed by atoms with Crippen LogP contribution in [0.1, 0.15) is 66.5 Å². The summed E-state index contributed by atoms with van der Waals surface area (Å²) in [7, 11) is 1.74. The van der Waals surface area contributed by atoms with E-state index in [1.165, 1.54) is 47.1 Å². The normalized spacial score (nSPS) is 18.8. The van der Waals surface area contributed by atoms with Gasteiger partial charge >= 0.3 is 0 Å². The first-order valence-electron chi connectivity index (χ1n) is 10.7. The second-order valence-corrected chi connectivity index (χ2v) is 8.17. The lowest BCUT2D eigenvalue weighted by Crippen LogP contribution is -2.41. The van der Waals surface area contributed by atoms with Crippen molar-refractivity contribution in [3.05, 3.63) is 64.2 Å². The molecular formula is C25H35NO2. The Bertz CT molecular complexity index is 746. The van der Waals surface area contributed by atoms with Crippen molar-refractivity contribution in [3.63, 3.8) is 0 Å². The summed E-state index contributed by atoms with van der Waals surface area (Å²) >= 11 is 0. The summed E-state index contributed by atoms with van der Waals surface area (Å²) in [6, 6.07) is 13.8. The molecule has 0 radical (unpaired) electrons. The van der Waals surface area contributed by atoms with Gasteiger partial charge in [0, 0.05) is 12.6 Å². The molecule has 3 nitrogen and oxygen atoms in total. The molecule has 1 fully saturated rings. The minimum Gasteiger partial charge on any atom is -0.496 e. The zero-order valence-electron chi connectivity index (χ0n) is 18.1. The first kappa shape index (κ1) is 20.9. The molecule has 2 aromatic rings. The molecule has 0 spiro atoms. The van der Waals surface area contributed by atoms with Crippen molar-refractivity contribution >= 4 is 0 Å². The van der Waals surface area contributed by atoms with Crippen LogP contribution in [0.5, 0.6) is 5.75 Å². The Kier molecular flexibility index (Phi) is 7.14. The van der Waals surface area contributed by atoms with Crippen molar-refractivity contribution in [1.82, 2.24) is 5.06 Å². The monoisotopic (exact) mass is 381 g/mol. The lowest BCUT2D eigenvalue weighted by atomic mass is 9.96. The van der Waals surface area contributed by atoms with Crippen molar-refractivity contribution in [2.45, 2.75) is 71.9 Å². The molecule has 0 saturated carbocycles. The Morgan fingerprint density at radius 2 is 1.71 bits per heavy atom. The van der Waals surface area contributed by atoms with Crippen LogP contribution in [0.4, 0.5) is 0 Å². The molecule has 1 heterocycles. The lowest BCUT2D eigenvalue weighted by molar-refractivity contribution is -0.234. The maximum absolute atomic E-state index is 6.61. The number of piperidine rings is 1. The Labute approximate surface area is 170 Å². The lowest BCUT2D eigenvalue weighted by Gasteiger charge is -2.37. The maximum Gasteiger partial charge on any atom is 0.124 e. The molecule has 0 aromatic heterocycles. The fraction of sp³-hybridized carbons (Fsp3) is 0.520. The second kappa shape index (κ2) is 9.58. The van der Waals surface area contributed by atoms with Gasteiger partial charge in [0.25, 0.3) is 0 Å². The van der Waals surface area contributed by atoms with E-state index in [1.807, 2.05) is 0 Å². The van der Waals surface area contributed by atoms with Crippen molar-refractivity contribution in [1.29, 1.82) is 0 Å². The SMILES string of the molecule is CCC(ON1CCCCC1Cc1ccc(C)cc1)c1cc(C)c(OC)c(C)c1. The van der Waals surface area contributed by atoms with Gasteiger partial charge in [0.2, 0.25) is 0 Å². The minimum atomic E-state index is 0.0851. The highest BCUT2D eigenvalue weighted by Gasteiger charge is 2.27. The molecule has 0 N–H and O–H groups in total. The van der Waals surface area contributed by atoms with E-state index in [9.17, 15) is 0 Å². The molecule has 1 saturated heterocycles. The van der Waals surface area contributed by atoms with Crippen LogP contribution in [0.2, 0.25) is 0 Å². The van der Waals surface area contributed by atoms with E-state index < -0.39 is 0 Å². The molecule has 0 aliphatic carbocycles. The molecule has 3 heteroatoms. The zero-order valence-corrected chi connectivity index (χ0v) is 18.1. The number of ether oxygens (including phenoxy) is 1. The number of hydroxylamine groups is 2. The van der Waals surface area contributed by atoms with Crippen LogP contribution >= 0.6 is 0 Å². The number of methoxy groups -OCH3 is 1. The Balaban J connectivity index is 1.75. The minimum absolute atomic E-state index is 0.0851. The van der Waals surface area contributed by atoms with Gasteiger partial charge in [0.05, 0.1) is 7.11 Å². The van der Waals surface area contributed by atoms with Crippen LogP contribution in [0.15, 0.2) is 36.4 Å². The smallest absolute Gasteiger partial charge is 0.124 e. The predicted octanol–water partition coefficient (Wildman–Crippen LogP) is 6.10. The quantitative estimate of drug-likeness (QED) is 0.578. The van der Waals surface area contributed by atoms with Crippen molar-refractivity contribution in [2.75, 3.05) is 13.7 Å². The first-order chi connectivity index (χ1) is 13.5. The van der Waals surface area contributed by atoms with Crippen molar-refractivity contribution in [2.24, 2.45) is 0 Å². The van der Waals surface area contributed by atoms with Gasteiger partial charge in [-0.2, -0.15) is 5.06 Å². The van der Waals surface area contributed by atoms with Crippen LogP contribution in [0.3, 0.4) is 0 Å². The van der Waals surface area contributed by atoms with Crippen molar-refractivity contribution < 1.29 is 9.57 Å². The summed E-state index contributed by atoms with van der Waals surface area (Å²) in [6.07, 6.45) is 5.79. The third-order valence-corrected chi connectivity index (χ3v) is 5.86. The molecule has 0 bridgehead atoms. The average molecular weight is 382 g/mol. The summed E-state index contributed by atoms with van der Waals surface area (Å²) in [4.78, 5) is 6.61. The fourth-order valence-electron chi connectivity index (χ4n) is 4.34. The van der Waals surface area contributed by atoms with Gasteiger partial charge in [-0.15, -0.1) is 0 Å². The summed E-state index contributed by atoms with van der Waals surface area (Å²) in [5.41, 5.74) is 6.31. The average Bonchev–Trinajstić information content (AvgIpc) is 2.68. The number of aryl methyl sites for hydroxylation is 3. The summed E-state index contributed by atoms with van der Waals surface area (Å²) < 4.78 is 5.53. The third-order valence-electron chi connectivity index (χ3n) is 5.86. The van der Waals surface area contributed by atoms with E-state index >= 15 is 0 Å². The molecule has 1 aliphatic heterocycles. The Hall–Kier alpha value is -1.84.